The second kappa shape index (κ2) is 4.56. The van der Waals surface area contributed by atoms with Crippen LogP contribution in [-0.2, 0) is 4.79 Å². The number of benzene rings is 1. The minimum Gasteiger partial charge on any atom is -0.382 e. The summed E-state index contributed by atoms with van der Waals surface area (Å²) >= 11 is 0. The molecule has 0 aliphatic rings. The van der Waals surface area contributed by atoms with Crippen molar-refractivity contribution in [1.82, 2.24) is 0 Å². The average Bonchev–Trinajstić information content (AvgIpc) is 2.16. The first-order valence-corrected chi connectivity index (χ1v) is 4.55. The van der Waals surface area contributed by atoms with Gasteiger partial charge in [-0.15, -0.1) is 0 Å². The molecule has 1 aromatic rings. The van der Waals surface area contributed by atoms with Gasteiger partial charge in [-0.2, -0.15) is 0 Å². The Hall–Kier alpha value is -1.64. The van der Waals surface area contributed by atoms with Crippen LogP contribution in [0.3, 0.4) is 0 Å². The van der Waals surface area contributed by atoms with Crippen LogP contribution in [0, 0.1) is 5.41 Å². The highest BCUT2D eigenvalue weighted by Crippen LogP contribution is 2.15. The third-order valence-electron chi connectivity index (χ3n) is 1.78. The molecule has 2 N–H and O–H groups in total. The van der Waals surface area contributed by atoms with Gasteiger partial charge in [-0.3, -0.25) is 10.2 Å². The predicted molar refractivity (Wildman–Crippen MR) is 58.1 cm³/mol. The van der Waals surface area contributed by atoms with Gasteiger partial charge in [0.15, 0.2) is 6.29 Å². The molecule has 74 valence electrons. The highest BCUT2D eigenvalue weighted by molar-refractivity contribution is 6.36. The number of para-hydroxylation sites is 1. The van der Waals surface area contributed by atoms with E-state index < -0.39 is 0 Å². The lowest BCUT2D eigenvalue weighted by Crippen LogP contribution is -2.13. The van der Waals surface area contributed by atoms with Crippen molar-refractivity contribution in [1.29, 1.82) is 5.41 Å². The minimum absolute atomic E-state index is 0.00810. The molecule has 0 radical (unpaired) electrons. The van der Waals surface area contributed by atoms with Gasteiger partial charge in [0.05, 0.1) is 0 Å². The van der Waals surface area contributed by atoms with Crippen LogP contribution in [0.4, 0.5) is 5.69 Å². The van der Waals surface area contributed by atoms with E-state index in [-0.39, 0.29) is 11.8 Å². The number of hydrogen-bond acceptors (Lipinski definition) is 3. The maximum absolute atomic E-state index is 10.5. The SMILES string of the molecule is CC(C)Nc1ccccc1C(=N)C=O. The summed E-state index contributed by atoms with van der Waals surface area (Å²) < 4.78 is 0. The van der Waals surface area contributed by atoms with Gasteiger partial charge in [0, 0.05) is 17.3 Å². The van der Waals surface area contributed by atoms with Crippen molar-refractivity contribution >= 4 is 17.7 Å². The number of carbonyl (C=O) groups is 1. The summed E-state index contributed by atoms with van der Waals surface area (Å²) in [5.74, 6) is 0. The lowest BCUT2D eigenvalue weighted by molar-refractivity contribution is -0.102. The van der Waals surface area contributed by atoms with E-state index in [0.29, 0.717) is 11.8 Å². The first-order valence-electron chi connectivity index (χ1n) is 4.55. The van der Waals surface area contributed by atoms with E-state index in [2.05, 4.69) is 5.32 Å². The van der Waals surface area contributed by atoms with Gasteiger partial charge in [0.2, 0.25) is 0 Å². The lowest BCUT2D eigenvalue weighted by Gasteiger charge is -2.13. The average molecular weight is 190 g/mol. The molecule has 0 aliphatic carbocycles. The molecule has 0 bridgehead atoms. The predicted octanol–water partition coefficient (Wildman–Crippen LogP) is 2.07. The standard InChI is InChI=1S/C11H14N2O/c1-8(2)13-11-6-4-3-5-9(11)10(12)7-14/h3-8,12-13H,1-2H3. The van der Waals surface area contributed by atoms with Crippen LogP contribution < -0.4 is 5.32 Å². The molecular weight excluding hydrogens is 176 g/mol. The Morgan fingerprint density at radius 3 is 2.64 bits per heavy atom. The fraction of sp³-hybridized carbons (Fsp3) is 0.273. The third-order valence-corrected chi connectivity index (χ3v) is 1.78. The van der Waals surface area contributed by atoms with E-state index in [9.17, 15) is 4.79 Å². The van der Waals surface area contributed by atoms with E-state index in [4.69, 9.17) is 5.41 Å². The minimum atomic E-state index is 0.00810. The normalized spacial score (nSPS) is 9.93. The summed E-state index contributed by atoms with van der Waals surface area (Å²) in [5.41, 5.74) is 1.49. The number of anilines is 1. The van der Waals surface area contributed by atoms with E-state index >= 15 is 0 Å². The van der Waals surface area contributed by atoms with E-state index in [1.54, 1.807) is 6.07 Å². The van der Waals surface area contributed by atoms with Crippen molar-refractivity contribution in [2.24, 2.45) is 0 Å². The Morgan fingerprint density at radius 2 is 2.07 bits per heavy atom. The zero-order valence-corrected chi connectivity index (χ0v) is 8.37. The van der Waals surface area contributed by atoms with Crippen LogP contribution in [0.25, 0.3) is 0 Å². The van der Waals surface area contributed by atoms with Gasteiger partial charge in [-0.25, -0.2) is 0 Å². The van der Waals surface area contributed by atoms with Crippen LogP contribution >= 0.6 is 0 Å². The maximum Gasteiger partial charge on any atom is 0.168 e. The molecule has 1 rings (SSSR count). The Kier molecular flexibility index (Phi) is 3.40. The first kappa shape index (κ1) is 10.4. The van der Waals surface area contributed by atoms with Crippen LogP contribution in [-0.4, -0.2) is 18.0 Å². The largest absolute Gasteiger partial charge is 0.382 e. The summed E-state index contributed by atoms with van der Waals surface area (Å²) in [6.07, 6.45) is 0.556. The number of hydrogen-bond donors (Lipinski definition) is 2. The quantitative estimate of drug-likeness (QED) is 0.564. The van der Waals surface area contributed by atoms with Crippen molar-refractivity contribution in [3.05, 3.63) is 29.8 Å². The van der Waals surface area contributed by atoms with Crippen molar-refractivity contribution in [3.63, 3.8) is 0 Å². The second-order valence-electron chi connectivity index (χ2n) is 3.38. The van der Waals surface area contributed by atoms with Gasteiger partial charge in [0.25, 0.3) is 0 Å². The summed E-state index contributed by atoms with van der Waals surface area (Å²) in [7, 11) is 0. The summed E-state index contributed by atoms with van der Waals surface area (Å²) in [6, 6.07) is 7.62. The highest BCUT2D eigenvalue weighted by Gasteiger charge is 2.06. The smallest absolute Gasteiger partial charge is 0.168 e. The van der Waals surface area contributed by atoms with Crippen LogP contribution in [0.1, 0.15) is 19.4 Å². The first-order chi connectivity index (χ1) is 6.65. The molecule has 3 nitrogen and oxygen atoms in total. The zero-order valence-electron chi connectivity index (χ0n) is 8.37. The fourth-order valence-corrected chi connectivity index (χ4v) is 1.22. The summed E-state index contributed by atoms with van der Waals surface area (Å²) in [6.45, 7) is 4.03. The molecule has 0 spiro atoms. The van der Waals surface area contributed by atoms with E-state index in [0.717, 1.165) is 5.69 Å². The maximum atomic E-state index is 10.5. The molecule has 1 aromatic carbocycles. The molecule has 0 saturated heterocycles. The van der Waals surface area contributed by atoms with Crippen molar-refractivity contribution < 1.29 is 4.79 Å². The molecule has 0 amide bonds. The summed E-state index contributed by atoms with van der Waals surface area (Å²) in [4.78, 5) is 10.5. The molecule has 0 saturated carbocycles. The molecule has 0 atom stereocenters. The van der Waals surface area contributed by atoms with Crippen LogP contribution in [0.2, 0.25) is 0 Å². The van der Waals surface area contributed by atoms with Gasteiger partial charge in [-0.05, 0) is 19.9 Å². The van der Waals surface area contributed by atoms with Crippen molar-refractivity contribution in [2.45, 2.75) is 19.9 Å². The van der Waals surface area contributed by atoms with E-state index in [1.165, 1.54) is 0 Å². The molecule has 0 fully saturated rings. The topological polar surface area (TPSA) is 53.0 Å². The van der Waals surface area contributed by atoms with Crippen molar-refractivity contribution in [3.8, 4) is 0 Å². The van der Waals surface area contributed by atoms with Gasteiger partial charge in [-0.1, -0.05) is 18.2 Å². The monoisotopic (exact) mass is 190 g/mol. The van der Waals surface area contributed by atoms with Crippen molar-refractivity contribution in [2.75, 3.05) is 5.32 Å². The van der Waals surface area contributed by atoms with Crippen LogP contribution in [0.15, 0.2) is 24.3 Å². The Labute approximate surface area is 83.7 Å². The Balaban J connectivity index is 3.02. The number of carbonyl (C=O) groups excluding carboxylic acids is 1. The van der Waals surface area contributed by atoms with Gasteiger partial charge < -0.3 is 5.32 Å². The van der Waals surface area contributed by atoms with Gasteiger partial charge >= 0.3 is 0 Å². The molecule has 0 aliphatic heterocycles. The lowest BCUT2D eigenvalue weighted by atomic mass is 10.1. The van der Waals surface area contributed by atoms with E-state index in [1.807, 2.05) is 32.0 Å². The zero-order chi connectivity index (χ0) is 10.6. The second-order valence-corrected chi connectivity index (χ2v) is 3.38. The molecule has 14 heavy (non-hydrogen) atoms. The Bertz CT molecular complexity index is 345. The molecule has 3 heteroatoms. The highest BCUT2D eigenvalue weighted by atomic mass is 16.1. The third kappa shape index (κ3) is 2.42. The van der Waals surface area contributed by atoms with Crippen LogP contribution in [0.5, 0.6) is 0 Å². The number of rotatable bonds is 4. The molecule has 0 heterocycles. The molecule has 0 unspecified atom stereocenters. The fourth-order valence-electron chi connectivity index (χ4n) is 1.22. The molecular formula is C11H14N2O. The Morgan fingerprint density at radius 1 is 1.43 bits per heavy atom. The number of aldehydes is 1. The summed E-state index contributed by atoms with van der Waals surface area (Å²) in [5, 5.41) is 10.6. The van der Waals surface area contributed by atoms with Gasteiger partial charge in [0.1, 0.15) is 5.71 Å². The molecule has 0 aromatic heterocycles. The number of nitrogens with one attached hydrogen (secondary N) is 2.